The predicted molar refractivity (Wildman–Crippen MR) is 107 cm³/mol. The van der Waals surface area contributed by atoms with Crippen molar-refractivity contribution in [3.63, 3.8) is 0 Å². The first-order chi connectivity index (χ1) is 14.1. The van der Waals surface area contributed by atoms with E-state index in [1.807, 2.05) is 0 Å². The fourth-order valence-electron chi connectivity index (χ4n) is 2.87. The molecule has 1 aromatic rings. The number of imide groups is 1. The van der Waals surface area contributed by atoms with Crippen LogP contribution in [0.2, 0.25) is 0 Å². The highest BCUT2D eigenvalue weighted by Gasteiger charge is 2.43. The Morgan fingerprint density at radius 1 is 1.17 bits per heavy atom. The van der Waals surface area contributed by atoms with E-state index in [2.05, 4.69) is 10.6 Å². The number of anilines is 1. The van der Waals surface area contributed by atoms with E-state index in [1.165, 1.54) is 21.1 Å². The quantitative estimate of drug-likeness (QED) is 0.459. The molecule has 0 unspecified atom stereocenters. The Morgan fingerprint density at radius 2 is 1.83 bits per heavy atom. The molecular weight excluding hydrogens is 394 g/mol. The summed E-state index contributed by atoms with van der Waals surface area (Å²) in [6.07, 6.45) is -0.829. The lowest BCUT2D eigenvalue weighted by atomic mass is 10.1. The minimum atomic E-state index is -1.03. The number of hydrogen-bond acceptors (Lipinski definition) is 7. The average Bonchev–Trinajstić information content (AvgIpc) is 2.88. The zero-order chi connectivity index (χ0) is 22.5. The van der Waals surface area contributed by atoms with Crippen LogP contribution in [0.15, 0.2) is 18.2 Å². The van der Waals surface area contributed by atoms with E-state index in [1.54, 1.807) is 32.0 Å². The molecule has 164 valence electrons. The zero-order valence-electron chi connectivity index (χ0n) is 17.7. The number of esters is 1. The van der Waals surface area contributed by atoms with Crippen LogP contribution in [0.5, 0.6) is 11.5 Å². The Balaban J connectivity index is 1.80. The number of ether oxygens (including phenoxy) is 3. The summed E-state index contributed by atoms with van der Waals surface area (Å²) in [4.78, 5) is 49.3. The molecule has 0 saturated carbocycles. The second-order valence-electron chi connectivity index (χ2n) is 7.31. The molecule has 2 N–H and O–H groups in total. The van der Waals surface area contributed by atoms with Crippen LogP contribution >= 0.6 is 0 Å². The van der Waals surface area contributed by atoms with Gasteiger partial charge in [0.25, 0.3) is 11.8 Å². The fraction of sp³-hybridized carbons (Fsp3) is 0.500. The molecule has 1 fully saturated rings. The summed E-state index contributed by atoms with van der Waals surface area (Å²) >= 11 is 0. The number of carbonyl (C=O) groups is 4. The summed E-state index contributed by atoms with van der Waals surface area (Å²) in [6, 6.07) is 4.38. The first kappa shape index (κ1) is 23.0. The lowest BCUT2D eigenvalue weighted by Gasteiger charge is -2.16. The lowest BCUT2D eigenvalue weighted by Crippen LogP contribution is -2.40. The van der Waals surface area contributed by atoms with E-state index in [0.29, 0.717) is 17.2 Å². The van der Waals surface area contributed by atoms with Crippen molar-refractivity contribution in [3.05, 3.63) is 18.2 Å². The van der Waals surface area contributed by atoms with E-state index >= 15 is 0 Å². The molecule has 0 radical (unpaired) electrons. The van der Waals surface area contributed by atoms with Crippen molar-refractivity contribution in [2.45, 2.75) is 45.3 Å². The SMILES string of the molecule is COc1ccc(NC(=O)[C@H](C)OC(=O)CCCN2C(=O)NC(C)(C)C2=O)cc1OC. The van der Waals surface area contributed by atoms with Gasteiger partial charge in [-0.3, -0.25) is 19.3 Å². The Kier molecular flexibility index (Phi) is 7.25. The molecule has 1 aliphatic rings. The van der Waals surface area contributed by atoms with Gasteiger partial charge in [-0.1, -0.05) is 0 Å². The maximum atomic E-state index is 12.3. The third-order valence-electron chi connectivity index (χ3n) is 4.54. The minimum absolute atomic E-state index is 0.0362. The van der Waals surface area contributed by atoms with Crippen LogP contribution in [-0.4, -0.2) is 61.1 Å². The van der Waals surface area contributed by atoms with Crippen molar-refractivity contribution >= 4 is 29.5 Å². The third kappa shape index (κ3) is 5.40. The molecule has 0 aromatic heterocycles. The second-order valence-corrected chi connectivity index (χ2v) is 7.31. The van der Waals surface area contributed by atoms with Crippen molar-refractivity contribution in [2.75, 3.05) is 26.1 Å². The number of rotatable bonds is 9. The van der Waals surface area contributed by atoms with E-state index < -0.39 is 29.6 Å². The molecule has 30 heavy (non-hydrogen) atoms. The number of nitrogens with one attached hydrogen (secondary N) is 2. The largest absolute Gasteiger partial charge is 0.493 e. The second kappa shape index (κ2) is 9.47. The van der Waals surface area contributed by atoms with Gasteiger partial charge in [-0.2, -0.15) is 0 Å². The predicted octanol–water partition coefficient (Wildman–Crippen LogP) is 1.68. The summed E-state index contributed by atoms with van der Waals surface area (Å²) < 4.78 is 15.5. The third-order valence-corrected chi connectivity index (χ3v) is 4.54. The summed E-state index contributed by atoms with van der Waals surface area (Å²) in [6.45, 7) is 4.77. The van der Waals surface area contributed by atoms with E-state index in [0.717, 1.165) is 4.90 Å². The number of amides is 4. The molecule has 0 spiro atoms. The highest BCUT2D eigenvalue weighted by molar-refractivity contribution is 6.06. The van der Waals surface area contributed by atoms with Crippen LogP contribution in [0.1, 0.15) is 33.6 Å². The minimum Gasteiger partial charge on any atom is -0.493 e. The van der Waals surface area contributed by atoms with Crippen LogP contribution in [0.25, 0.3) is 0 Å². The smallest absolute Gasteiger partial charge is 0.325 e. The monoisotopic (exact) mass is 421 g/mol. The molecule has 2 rings (SSSR count). The Hall–Kier alpha value is -3.30. The van der Waals surface area contributed by atoms with E-state index in [-0.39, 0.29) is 25.3 Å². The molecule has 1 aliphatic heterocycles. The molecule has 4 amide bonds. The van der Waals surface area contributed by atoms with Gasteiger partial charge >= 0.3 is 12.0 Å². The summed E-state index contributed by atoms with van der Waals surface area (Å²) in [5, 5.41) is 5.21. The topological polar surface area (TPSA) is 123 Å². The first-order valence-corrected chi connectivity index (χ1v) is 9.45. The lowest BCUT2D eigenvalue weighted by molar-refractivity contribution is -0.153. The Labute approximate surface area is 174 Å². The number of carbonyl (C=O) groups excluding carboxylic acids is 4. The zero-order valence-corrected chi connectivity index (χ0v) is 17.7. The van der Waals surface area contributed by atoms with Crippen LogP contribution in [0, 0.1) is 0 Å². The normalized spacial score (nSPS) is 16.0. The number of benzene rings is 1. The molecule has 10 heteroatoms. The summed E-state index contributed by atoms with van der Waals surface area (Å²) in [5.74, 6) is -0.488. The summed E-state index contributed by atoms with van der Waals surface area (Å²) in [7, 11) is 2.98. The standard InChI is InChI=1S/C20H27N3O7/c1-12(17(25)21-13-8-9-14(28-4)15(11-13)29-5)30-16(24)7-6-10-23-18(26)20(2,3)22-19(23)27/h8-9,11-12H,6-7,10H2,1-5H3,(H,21,25)(H,22,27)/t12-/m0/s1. The van der Waals surface area contributed by atoms with Gasteiger partial charge in [-0.05, 0) is 39.3 Å². The molecule has 1 heterocycles. The maximum Gasteiger partial charge on any atom is 0.325 e. The number of hydrogen-bond donors (Lipinski definition) is 2. The van der Waals surface area contributed by atoms with Crippen LogP contribution in [0.4, 0.5) is 10.5 Å². The van der Waals surface area contributed by atoms with E-state index in [9.17, 15) is 19.2 Å². The van der Waals surface area contributed by atoms with Gasteiger partial charge in [0, 0.05) is 24.7 Å². The molecule has 1 saturated heterocycles. The molecule has 0 aliphatic carbocycles. The Morgan fingerprint density at radius 3 is 2.40 bits per heavy atom. The van der Waals surface area contributed by atoms with Gasteiger partial charge in [0.2, 0.25) is 0 Å². The van der Waals surface area contributed by atoms with Gasteiger partial charge in [-0.25, -0.2) is 4.79 Å². The van der Waals surface area contributed by atoms with Gasteiger partial charge in [0.05, 0.1) is 14.2 Å². The first-order valence-electron chi connectivity index (χ1n) is 9.45. The maximum absolute atomic E-state index is 12.3. The van der Waals surface area contributed by atoms with Crippen molar-refractivity contribution in [2.24, 2.45) is 0 Å². The van der Waals surface area contributed by atoms with Crippen molar-refractivity contribution in [1.82, 2.24) is 10.2 Å². The van der Waals surface area contributed by atoms with Gasteiger partial charge in [-0.15, -0.1) is 0 Å². The van der Waals surface area contributed by atoms with E-state index in [4.69, 9.17) is 14.2 Å². The molecule has 1 aromatic carbocycles. The number of urea groups is 1. The van der Waals surface area contributed by atoms with Crippen molar-refractivity contribution in [1.29, 1.82) is 0 Å². The number of nitrogens with zero attached hydrogens (tertiary/aromatic N) is 1. The molecule has 0 bridgehead atoms. The fourth-order valence-corrected chi connectivity index (χ4v) is 2.87. The number of methoxy groups -OCH3 is 2. The molecule has 10 nitrogen and oxygen atoms in total. The highest BCUT2D eigenvalue weighted by atomic mass is 16.5. The van der Waals surface area contributed by atoms with Gasteiger partial charge in [0.15, 0.2) is 17.6 Å². The van der Waals surface area contributed by atoms with Crippen LogP contribution in [0.3, 0.4) is 0 Å². The van der Waals surface area contributed by atoms with Crippen LogP contribution < -0.4 is 20.1 Å². The summed E-state index contributed by atoms with van der Waals surface area (Å²) in [5.41, 5.74) is -0.490. The van der Waals surface area contributed by atoms with Crippen molar-refractivity contribution < 1.29 is 33.4 Å². The molecule has 1 atom stereocenters. The highest BCUT2D eigenvalue weighted by Crippen LogP contribution is 2.29. The average molecular weight is 421 g/mol. The van der Waals surface area contributed by atoms with Crippen molar-refractivity contribution in [3.8, 4) is 11.5 Å². The van der Waals surface area contributed by atoms with Crippen LogP contribution in [-0.2, 0) is 19.1 Å². The Bertz CT molecular complexity index is 838. The van der Waals surface area contributed by atoms with Gasteiger partial charge in [0.1, 0.15) is 5.54 Å². The van der Waals surface area contributed by atoms with Gasteiger partial charge < -0.3 is 24.8 Å². The molecular formula is C20H27N3O7.